The highest BCUT2D eigenvalue weighted by Crippen LogP contribution is 2.37. The molecule has 0 aliphatic heterocycles. The smallest absolute Gasteiger partial charge is 0.115 e. The van der Waals surface area contributed by atoms with E-state index in [4.69, 9.17) is 0 Å². The number of fused-ring (bicyclic) bond motifs is 1. The second-order valence-corrected chi connectivity index (χ2v) is 6.42. The van der Waals surface area contributed by atoms with Crippen molar-refractivity contribution in [3.63, 3.8) is 0 Å². The lowest BCUT2D eigenvalue weighted by atomic mass is 9.99. The molecule has 0 N–H and O–H groups in total. The predicted molar refractivity (Wildman–Crippen MR) is 89.8 cm³/mol. The first-order valence-electron chi connectivity index (χ1n) is 6.24. The molecule has 0 unspecified atom stereocenters. The monoisotopic (exact) mass is 390 g/mol. The highest BCUT2D eigenvalue weighted by Gasteiger charge is 2.13. The van der Waals surface area contributed by atoms with Crippen molar-refractivity contribution in [2.45, 2.75) is 13.8 Å². The highest BCUT2D eigenvalue weighted by molar-refractivity contribution is 9.11. The summed E-state index contributed by atoms with van der Waals surface area (Å²) in [6.45, 7) is 4.03. The van der Waals surface area contributed by atoms with Crippen LogP contribution in [-0.4, -0.2) is 9.97 Å². The lowest BCUT2D eigenvalue weighted by molar-refractivity contribution is 1.06. The van der Waals surface area contributed by atoms with Gasteiger partial charge in [0.1, 0.15) is 6.33 Å². The van der Waals surface area contributed by atoms with E-state index in [1.165, 1.54) is 10.8 Å². The fourth-order valence-electron chi connectivity index (χ4n) is 2.43. The van der Waals surface area contributed by atoms with E-state index in [2.05, 4.69) is 72.2 Å². The summed E-state index contributed by atoms with van der Waals surface area (Å²) in [5, 5.41) is 2.38. The van der Waals surface area contributed by atoms with Gasteiger partial charge in [0.05, 0.1) is 0 Å². The van der Waals surface area contributed by atoms with Gasteiger partial charge in [-0.3, -0.25) is 0 Å². The third kappa shape index (κ3) is 2.27. The Hall–Kier alpha value is -1.26. The van der Waals surface area contributed by atoms with Crippen molar-refractivity contribution in [3.05, 3.63) is 57.0 Å². The molecule has 3 aromatic rings. The fourth-order valence-corrected chi connectivity index (χ4v) is 3.47. The van der Waals surface area contributed by atoms with Gasteiger partial charge in [-0.1, -0.05) is 34.1 Å². The van der Waals surface area contributed by atoms with Crippen LogP contribution in [0.15, 0.2) is 45.6 Å². The highest BCUT2D eigenvalue weighted by atomic mass is 79.9. The summed E-state index contributed by atoms with van der Waals surface area (Å²) in [6.07, 6.45) is 1.61. The lowest BCUT2D eigenvalue weighted by Gasteiger charge is -2.12. The quantitative estimate of drug-likeness (QED) is 0.552. The van der Waals surface area contributed by atoms with Crippen molar-refractivity contribution in [2.75, 3.05) is 0 Å². The largest absolute Gasteiger partial charge is 0.241 e. The Morgan fingerprint density at radius 1 is 0.900 bits per heavy atom. The van der Waals surface area contributed by atoms with Gasteiger partial charge in [0.15, 0.2) is 0 Å². The zero-order chi connectivity index (χ0) is 14.3. The van der Waals surface area contributed by atoms with E-state index in [0.29, 0.717) is 0 Å². The van der Waals surface area contributed by atoms with Crippen LogP contribution < -0.4 is 0 Å². The molecular weight excluding hydrogens is 380 g/mol. The van der Waals surface area contributed by atoms with Crippen molar-refractivity contribution >= 4 is 42.6 Å². The number of aromatic nitrogens is 2. The SMILES string of the molecule is Cc1ncnc(C)c1-c1ccc2ccc(Br)cc2c1Br. The molecule has 0 atom stereocenters. The minimum atomic E-state index is 0.993. The molecule has 0 bridgehead atoms. The third-order valence-corrected chi connectivity index (χ3v) is 4.76. The Morgan fingerprint density at radius 2 is 1.55 bits per heavy atom. The molecule has 1 heterocycles. The Balaban J connectivity index is 2.35. The summed E-state index contributed by atoms with van der Waals surface area (Å²) in [5.41, 5.74) is 4.22. The Kier molecular flexibility index (Phi) is 3.61. The molecule has 0 fully saturated rings. The van der Waals surface area contributed by atoms with Gasteiger partial charge in [-0.25, -0.2) is 9.97 Å². The number of rotatable bonds is 1. The number of halogens is 2. The summed E-state index contributed by atoms with van der Waals surface area (Å²) in [5.74, 6) is 0. The molecule has 100 valence electrons. The number of nitrogens with zero attached hydrogens (tertiary/aromatic N) is 2. The standard InChI is InChI=1S/C16H12Br2N2/c1-9-15(10(2)20-8-19-9)13-6-4-11-3-5-12(17)7-14(11)16(13)18/h3-8H,1-2H3. The van der Waals surface area contributed by atoms with Gasteiger partial charge < -0.3 is 0 Å². The molecule has 0 saturated carbocycles. The fraction of sp³-hybridized carbons (Fsp3) is 0.125. The Bertz CT molecular complexity index is 793. The zero-order valence-electron chi connectivity index (χ0n) is 11.1. The summed E-state index contributed by atoms with van der Waals surface area (Å²) in [4.78, 5) is 8.63. The molecule has 0 spiro atoms. The van der Waals surface area contributed by atoms with E-state index in [-0.39, 0.29) is 0 Å². The van der Waals surface area contributed by atoms with Crippen molar-refractivity contribution in [2.24, 2.45) is 0 Å². The average molecular weight is 392 g/mol. The summed E-state index contributed by atoms with van der Waals surface area (Å²) in [7, 11) is 0. The first-order valence-corrected chi connectivity index (χ1v) is 7.83. The Morgan fingerprint density at radius 3 is 2.25 bits per heavy atom. The summed E-state index contributed by atoms with van der Waals surface area (Å²) in [6, 6.07) is 10.5. The van der Waals surface area contributed by atoms with Crippen LogP contribution in [0, 0.1) is 13.8 Å². The number of benzene rings is 2. The van der Waals surface area contributed by atoms with Crippen LogP contribution >= 0.6 is 31.9 Å². The van der Waals surface area contributed by atoms with Crippen molar-refractivity contribution < 1.29 is 0 Å². The Labute approximate surface area is 134 Å². The van der Waals surface area contributed by atoms with E-state index in [1.807, 2.05) is 13.8 Å². The van der Waals surface area contributed by atoms with E-state index in [1.54, 1.807) is 6.33 Å². The van der Waals surface area contributed by atoms with Gasteiger partial charge in [-0.2, -0.15) is 0 Å². The van der Waals surface area contributed by atoms with Crippen LogP contribution in [0.3, 0.4) is 0 Å². The minimum Gasteiger partial charge on any atom is -0.241 e. The van der Waals surface area contributed by atoms with Crippen molar-refractivity contribution in [3.8, 4) is 11.1 Å². The van der Waals surface area contributed by atoms with Crippen LogP contribution in [0.1, 0.15) is 11.4 Å². The molecular formula is C16H12Br2N2. The van der Waals surface area contributed by atoms with Gasteiger partial charge in [-0.15, -0.1) is 0 Å². The molecule has 2 aromatic carbocycles. The molecule has 0 aliphatic rings. The van der Waals surface area contributed by atoms with Gasteiger partial charge in [-0.05, 0) is 52.7 Å². The third-order valence-electron chi connectivity index (χ3n) is 3.41. The van der Waals surface area contributed by atoms with Crippen LogP contribution in [-0.2, 0) is 0 Å². The van der Waals surface area contributed by atoms with Gasteiger partial charge >= 0.3 is 0 Å². The average Bonchev–Trinajstić information content (AvgIpc) is 2.41. The molecule has 0 amide bonds. The number of aryl methyl sites for hydroxylation is 2. The zero-order valence-corrected chi connectivity index (χ0v) is 14.3. The first kappa shape index (κ1) is 13.7. The molecule has 0 saturated heterocycles. The van der Waals surface area contributed by atoms with E-state index in [0.717, 1.165) is 31.5 Å². The van der Waals surface area contributed by atoms with E-state index in [9.17, 15) is 0 Å². The molecule has 0 aliphatic carbocycles. The van der Waals surface area contributed by atoms with Crippen LogP contribution in [0.25, 0.3) is 21.9 Å². The number of hydrogen-bond acceptors (Lipinski definition) is 2. The second-order valence-electron chi connectivity index (χ2n) is 4.71. The van der Waals surface area contributed by atoms with Crippen LogP contribution in [0.4, 0.5) is 0 Å². The minimum absolute atomic E-state index is 0.993. The lowest BCUT2D eigenvalue weighted by Crippen LogP contribution is -1.95. The maximum Gasteiger partial charge on any atom is 0.115 e. The number of hydrogen-bond donors (Lipinski definition) is 0. The van der Waals surface area contributed by atoms with Crippen molar-refractivity contribution in [1.29, 1.82) is 0 Å². The van der Waals surface area contributed by atoms with Crippen LogP contribution in [0.2, 0.25) is 0 Å². The molecule has 4 heteroatoms. The van der Waals surface area contributed by atoms with Gasteiger partial charge in [0.2, 0.25) is 0 Å². The summed E-state index contributed by atoms with van der Waals surface area (Å²) >= 11 is 7.28. The van der Waals surface area contributed by atoms with Gasteiger partial charge in [0.25, 0.3) is 0 Å². The maximum atomic E-state index is 4.31. The van der Waals surface area contributed by atoms with E-state index >= 15 is 0 Å². The normalized spacial score (nSPS) is 11.0. The van der Waals surface area contributed by atoms with Crippen molar-refractivity contribution in [1.82, 2.24) is 9.97 Å². The maximum absolute atomic E-state index is 4.31. The predicted octanol–water partition coefficient (Wildman–Crippen LogP) is 5.44. The topological polar surface area (TPSA) is 25.8 Å². The second kappa shape index (κ2) is 5.26. The summed E-state index contributed by atoms with van der Waals surface area (Å²) < 4.78 is 2.15. The van der Waals surface area contributed by atoms with E-state index < -0.39 is 0 Å². The van der Waals surface area contributed by atoms with Gasteiger partial charge in [0, 0.05) is 31.5 Å². The molecule has 2 nitrogen and oxygen atoms in total. The molecule has 1 aromatic heterocycles. The molecule has 0 radical (unpaired) electrons. The molecule has 3 rings (SSSR count). The van der Waals surface area contributed by atoms with Crippen LogP contribution in [0.5, 0.6) is 0 Å². The first-order chi connectivity index (χ1) is 9.58. The molecule has 20 heavy (non-hydrogen) atoms.